The van der Waals surface area contributed by atoms with Crippen molar-refractivity contribution in [1.29, 1.82) is 0 Å². The molecule has 2 aromatic rings. The van der Waals surface area contributed by atoms with Crippen molar-refractivity contribution in [2.45, 2.75) is 39.4 Å². The van der Waals surface area contributed by atoms with E-state index in [0.717, 1.165) is 18.8 Å². The van der Waals surface area contributed by atoms with Gasteiger partial charge in [-0.1, -0.05) is 44.2 Å². The fraction of sp³-hybridized carbons (Fsp3) is 0.444. The molecule has 1 N–H and O–H groups in total. The third-order valence-electron chi connectivity index (χ3n) is 3.82. The van der Waals surface area contributed by atoms with E-state index >= 15 is 0 Å². The van der Waals surface area contributed by atoms with Crippen molar-refractivity contribution < 1.29 is 4.42 Å². The minimum Gasteiger partial charge on any atom is -0.469 e. The first kappa shape index (κ1) is 15.8. The van der Waals surface area contributed by atoms with Crippen molar-refractivity contribution in [3.63, 3.8) is 0 Å². The highest BCUT2D eigenvalue weighted by atomic mass is 16.3. The van der Waals surface area contributed by atoms with Crippen LogP contribution in [0.4, 0.5) is 0 Å². The molecule has 114 valence electrons. The number of aryl methyl sites for hydroxylation is 1. The summed E-state index contributed by atoms with van der Waals surface area (Å²) in [5.74, 6) is 1.01. The highest BCUT2D eigenvalue weighted by Crippen LogP contribution is 2.22. The molecule has 21 heavy (non-hydrogen) atoms. The Balaban J connectivity index is 2.12. The summed E-state index contributed by atoms with van der Waals surface area (Å²) in [6, 6.07) is 13.6. The van der Waals surface area contributed by atoms with Gasteiger partial charge in [-0.3, -0.25) is 4.90 Å². The smallest absolute Gasteiger partial charge is 0.105 e. The quantitative estimate of drug-likeness (QED) is 0.840. The van der Waals surface area contributed by atoms with Crippen LogP contribution in [0, 0.1) is 6.92 Å². The lowest BCUT2D eigenvalue weighted by Gasteiger charge is -2.29. The van der Waals surface area contributed by atoms with Gasteiger partial charge < -0.3 is 9.73 Å². The van der Waals surface area contributed by atoms with Crippen LogP contribution in [0.5, 0.6) is 0 Å². The average molecular weight is 286 g/mol. The normalized spacial score (nSPS) is 13.0. The molecule has 1 aromatic carbocycles. The number of hydrogen-bond acceptors (Lipinski definition) is 3. The van der Waals surface area contributed by atoms with Gasteiger partial charge in [0.15, 0.2) is 0 Å². The van der Waals surface area contributed by atoms with Crippen LogP contribution in [-0.4, -0.2) is 24.5 Å². The topological polar surface area (TPSA) is 28.4 Å². The van der Waals surface area contributed by atoms with Gasteiger partial charge in [-0.2, -0.15) is 0 Å². The maximum absolute atomic E-state index is 5.41. The van der Waals surface area contributed by atoms with Crippen LogP contribution in [0.1, 0.15) is 36.8 Å². The summed E-state index contributed by atoms with van der Waals surface area (Å²) < 4.78 is 5.41. The van der Waals surface area contributed by atoms with Crippen LogP contribution in [0.2, 0.25) is 0 Å². The molecule has 0 aliphatic carbocycles. The SMILES string of the molecule is Cc1occc1CN(C)C(CNC(C)C)c1ccccc1. The van der Waals surface area contributed by atoms with Crippen LogP contribution >= 0.6 is 0 Å². The van der Waals surface area contributed by atoms with Crippen LogP contribution in [-0.2, 0) is 6.54 Å². The predicted molar refractivity (Wildman–Crippen MR) is 87.2 cm³/mol. The summed E-state index contributed by atoms with van der Waals surface area (Å²) in [7, 11) is 2.17. The molecule has 0 radical (unpaired) electrons. The summed E-state index contributed by atoms with van der Waals surface area (Å²) in [6.45, 7) is 8.22. The molecule has 0 aliphatic rings. The van der Waals surface area contributed by atoms with Crippen molar-refractivity contribution in [2.24, 2.45) is 0 Å². The molecule has 3 nitrogen and oxygen atoms in total. The zero-order valence-electron chi connectivity index (χ0n) is 13.5. The van der Waals surface area contributed by atoms with Crippen LogP contribution in [0.3, 0.4) is 0 Å². The minimum absolute atomic E-state index is 0.350. The van der Waals surface area contributed by atoms with Gasteiger partial charge in [0.1, 0.15) is 5.76 Å². The van der Waals surface area contributed by atoms with Gasteiger partial charge in [0.05, 0.1) is 6.26 Å². The fourth-order valence-corrected chi connectivity index (χ4v) is 2.50. The molecule has 3 heteroatoms. The van der Waals surface area contributed by atoms with Crippen molar-refractivity contribution >= 4 is 0 Å². The number of nitrogens with one attached hydrogen (secondary N) is 1. The largest absolute Gasteiger partial charge is 0.469 e. The second-order valence-corrected chi connectivity index (χ2v) is 5.91. The molecule has 1 heterocycles. The molecule has 0 saturated carbocycles. The Kier molecular flexibility index (Phi) is 5.59. The Morgan fingerprint density at radius 3 is 2.43 bits per heavy atom. The zero-order chi connectivity index (χ0) is 15.2. The maximum atomic E-state index is 5.41. The molecule has 0 fully saturated rings. The zero-order valence-corrected chi connectivity index (χ0v) is 13.5. The van der Waals surface area contributed by atoms with Crippen LogP contribution in [0.15, 0.2) is 47.1 Å². The van der Waals surface area contributed by atoms with Crippen molar-refractivity contribution in [1.82, 2.24) is 10.2 Å². The molecule has 0 saturated heterocycles. The highest BCUT2D eigenvalue weighted by molar-refractivity contribution is 5.21. The summed E-state index contributed by atoms with van der Waals surface area (Å²) in [5, 5.41) is 3.55. The Morgan fingerprint density at radius 1 is 1.14 bits per heavy atom. The summed E-state index contributed by atoms with van der Waals surface area (Å²) in [5.41, 5.74) is 2.59. The Bertz CT molecular complexity index is 533. The predicted octanol–water partition coefficient (Wildman–Crippen LogP) is 3.76. The molecule has 0 bridgehead atoms. The Morgan fingerprint density at radius 2 is 1.86 bits per heavy atom. The van der Waals surface area contributed by atoms with E-state index in [-0.39, 0.29) is 0 Å². The lowest BCUT2D eigenvalue weighted by molar-refractivity contribution is 0.225. The first-order valence-corrected chi connectivity index (χ1v) is 7.59. The summed E-state index contributed by atoms with van der Waals surface area (Å²) >= 11 is 0. The summed E-state index contributed by atoms with van der Waals surface area (Å²) in [6.07, 6.45) is 1.77. The van der Waals surface area contributed by atoms with Gasteiger partial charge in [-0.15, -0.1) is 0 Å². The second kappa shape index (κ2) is 7.43. The van der Waals surface area contributed by atoms with E-state index in [9.17, 15) is 0 Å². The van der Waals surface area contributed by atoms with E-state index in [1.54, 1.807) is 6.26 Å². The first-order valence-electron chi connectivity index (χ1n) is 7.59. The molecule has 1 unspecified atom stereocenters. The first-order chi connectivity index (χ1) is 10.1. The lowest BCUT2D eigenvalue weighted by Crippen LogP contribution is -2.36. The van der Waals surface area contributed by atoms with Crippen molar-refractivity contribution in [3.05, 3.63) is 59.5 Å². The van der Waals surface area contributed by atoms with Crippen molar-refractivity contribution in [3.8, 4) is 0 Å². The van der Waals surface area contributed by atoms with Gasteiger partial charge in [0.25, 0.3) is 0 Å². The standard InChI is InChI=1S/C18H26N2O/c1-14(2)19-12-18(16-8-6-5-7-9-16)20(4)13-17-10-11-21-15(17)3/h5-11,14,18-19H,12-13H2,1-4H3. The number of benzene rings is 1. The van der Waals surface area contributed by atoms with Crippen LogP contribution in [0.25, 0.3) is 0 Å². The Labute approximate surface area is 128 Å². The van der Waals surface area contributed by atoms with E-state index in [0.29, 0.717) is 12.1 Å². The average Bonchev–Trinajstić information content (AvgIpc) is 2.85. The van der Waals surface area contributed by atoms with E-state index in [1.165, 1.54) is 11.1 Å². The van der Waals surface area contributed by atoms with Gasteiger partial charge in [0, 0.05) is 30.7 Å². The molecule has 2 rings (SSSR count). The van der Waals surface area contributed by atoms with Crippen LogP contribution < -0.4 is 5.32 Å². The number of rotatable bonds is 7. The molecule has 0 spiro atoms. The fourth-order valence-electron chi connectivity index (χ4n) is 2.50. The van der Waals surface area contributed by atoms with E-state index < -0.39 is 0 Å². The molecule has 1 atom stereocenters. The van der Waals surface area contributed by atoms with Gasteiger partial charge in [-0.25, -0.2) is 0 Å². The maximum Gasteiger partial charge on any atom is 0.105 e. The molecule has 1 aromatic heterocycles. The Hall–Kier alpha value is -1.58. The third kappa shape index (κ3) is 4.45. The highest BCUT2D eigenvalue weighted by Gasteiger charge is 2.18. The molecule has 0 amide bonds. The third-order valence-corrected chi connectivity index (χ3v) is 3.82. The minimum atomic E-state index is 0.350. The molecular formula is C18H26N2O. The van der Waals surface area contributed by atoms with Gasteiger partial charge in [0.2, 0.25) is 0 Å². The van der Waals surface area contributed by atoms with E-state index in [1.807, 2.05) is 6.92 Å². The number of furan rings is 1. The second-order valence-electron chi connectivity index (χ2n) is 5.91. The van der Waals surface area contributed by atoms with Gasteiger partial charge >= 0.3 is 0 Å². The molecule has 0 aliphatic heterocycles. The number of likely N-dealkylation sites (N-methyl/N-ethyl adjacent to an activating group) is 1. The number of hydrogen-bond donors (Lipinski definition) is 1. The lowest BCUT2D eigenvalue weighted by atomic mass is 10.0. The van der Waals surface area contributed by atoms with E-state index in [4.69, 9.17) is 4.42 Å². The van der Waals surface area contributed by atoms with Gasteiger partial charge in [-0.05, 0) is 25.6 Å². The van der Waals surface area contributed by atoms with Crippen molar-refractivity contribution in [2.75, 3.05) is 13.6 Å². The monoisotopic (exact) mass is 286 g/mol. The number of nitrogens with zero attached hydrogens (tertiary/aromatic N) is 1. The van der Waals surface area contributed by atoms with E-state index in [2.05, 4.69) is 67.5 Å². The molecular weight excluding hydrogens is 260 g/mol. The summed E-state index contributed by atoms with van der Waals surface area (Å²) in [4.78, 5) is 2.38.